The van der Waals surface area contributed by atoms with Crippen LogP contribution in [0, 0.1) is 13.8 Å². The van der Waals surface area contributed by atoms with Crippen molar-refractivity contribution < 1.29 is 4.79 Å². The molecule has 0 radical (unpaired) electrons. The molecule has 6 nitrogen and oxygen atoms in total. The van der Waals surface area contributed by atoms with Gasteiger partial charge >= 0.3 is 0 Å². The zero-order valence-electron chi connectivity index (χ0n) is 15.0. The van der Waals surface area contributed by atoms with Crippen LogP contribution in [-0.4, -0.2) is 47.7 Å². The van der Waals surface area contributed by atoms with Gasteiger partial charge in [0.05, 0.1) is 5.25 Å². The van der Waals surface area contributed by atoms with E-state index in [1.54, 1.807) is 4.52 Å². The Morgan fingerprint density at radius 1 is 1.25 bits per heavy atom. The van der Waals surface area contributed by atoms with E-state index in [0.717, 1.165) is 24.2 Å². The molecule has 3 rings (SSSR count). The quantitative estimate of drug-likeness (QED) is 0.799. The Hall–Kier alpha value is -1.63. The molecule has 1 fully saturated rings. The Balaban J connectivity index is 1.78. The van der Waals surface area contributed by atoms with Crippen LogP contribution in [0.2, 0.25) is 0 Å². The number of carbonyl (C=O) groups is 1. The van der Waals surface area contributed by atoms with Gasteiger partial charge in [0.25, 0.3) is 5.78 Å². The molecule has 24 heavy (non-hydrogen) atoms. The van der Waals surface area contributed by atoms with Gasteiger partial charge in [0.1, 0.15) is 0 Å². The minimum Gasteiger partial charge on any atom is -0.336 e. The second-order valence-electron chi connectivity index (χ2n) is 6.78. The molecule has 1 aliphatic rings. The number of rotatable bonds is 3. The maximum Gasteiger partial charge on any atom is 0.253 e. The molecule has 1 saturated heterocycles. The molecule has 1 amide bonds. The highest BCUT2D eigenvalue weighted by Crippen LogP contribution is 2.28. The molecule has 2 aromatic heterocycles. The molecule has 7 heteroatoms. The summed E-state index contributed by atoms with van der Waals surface area (Å²) in [6.07, 6.45) is 3.37. The molecule has 3 heterocycles. The van der Waals surface area contributed by atoms with Gasteiger partial charge in [-0.3, -0.25) is 4.79 Å². The molecule has 0 aromatic carbocycles. The molecule has 0 saturated carbocycles. The topological polar surface area (TPSA) is 63.4 Å². The summed E-state index contributed by atoms with van der Waals surface area (Å²) in [5, 5.41) is 4.90. The zero-order chi connectivity index (χ0) is 17.4. The van der Waals surface area contributed by atoms with Crippen LogP contribution >= 0.6 is 11.8 Å². The second-order valence-corrected chi connectivity index (χ2v) is 8.09. The van der Waals surface area contributed by atoms with Crippen molar-refractivity contribution in [1.82, 2.24) is 24.5 Å². The van der Waals surface area contributed by atoms with E-state index in [-0.39, 0.29) is 11.2 Å². The Kier molecular flexibility index (Phi) is 4.80. The average Bonchev–Trinajstić information content (AvgIpc) is 2.89. The molecule has 3 atom stereocenters. The van der Waals surface area contributed by atoms with E-state index in [1.165, 1.54) is 18.2 Å². The van der Waals surface area contributed by atoms with Crippen LogP contribution in [0.5, 0.6) is 0 Å². The van der Waals surface area contributed by atoms with Gasteiger partial charge < -0.3 is 4.90 Å². The van der Waals surface area contributed by atoms with Gasteiger partial charge in [-0.05, 0) is 59.9 Å². The van der Waals surface area contributed by atoms with Crippen molar-refractivity contribution in [2.24, 2.45) is 0 Å². The van der Waals surface area contributed by atoms with Crippen molar-refractivity contribution in [1.29, 1.82) is 0 Å². The lowest BCUT2D eigenvalue weighted by molar-refractivity contribution is -0.136. The predicted octanol–water partition coefficient (Wildman–Crippen LogP) is 3.01. The normalized spacial score (nSPS) is 22.8. The van der Waals surface area contributed by atoms with Gasteiger partial charge in [0, 0.05) is 23.5 Å². The summed E-state index contributed by atoms with van der Waals surface area (Å²) in [7, 11) is 0. The number of hydrogen-bond donors (Lipinski definition) is 0. The molecule has 0 bridgehead atoms. The van der Waals surface area contributed by atoms with Crippen LogP contribution in [0.3, 0.4) is 0 Å². The monoisotopic (exact) mass is 347 g/mol. The number of amides is 1. The minimum atomic E-state index is -0.202. The van der Waals surface area contributed by atoms with Crippen molar-refractivity contribution in [2.75, 3.05) is 0 Å². The van der Waals surface area contributed by atoms with Gasteiger partial charge in [-0.1, -0.05) is 11.8 Å². The molecule has 0 unspecified atom stereocenters. The summed E-state index contributed by atoms with van der Waals surface area (Å²) >= 11 is 1.42. The third kappa shape index (κ3) is 3.27. The standard InChI is InChI=1S/C17H25N5OS/c1-10-9-13(4)22-16(18-10)19-17(20-22)24-14(5)15(23)21-11(2)7-6-8-12(21)3/h9,11-12,14H,6-8H2,1-5H3/t11-,12-,14-/m0/s1. The molecular weight excluding hydrogens is 322 g/mol. The highest BCUT2D eigenvalue weighted by atomic mass is 32.2. The van der Waals surface area contributed by atoms with E-state index < -0.39 is 0 Å². The van der Waals surface area contributed by atoms with Crippen molar-refractivity contribution in [2.45, 2.75) is 76.4 Å². The summed E-state index contributed by atoms with van der Waals surface area (Å²) < 4.78 is 1.73. The van der Waals surface area contributed by atoms with Gasteiger partial charge in [0.2, 0.25) is 11.1 Å². The fourth-order valence-electron chi connectivity index (χ4n) is 3.47. The number of thioether (sulfide) groups is 1. The van der Waals surface area contributed by atoms with Gasteiger partial charge in [-0.2, -0.15) is 4.98 Å². The van der Waals surface area contributed by atoms with Crippen LogP contribution in [0.15, 0.2) is 11.2 Å². The number of hydrogen-bond acceptors (Lipinski definition) is 5. The maximum absolute atomic E-state index is 12.9. The van der Waals surface area contributed by atoms with Crippen LogP contribution in [0.1, 0.15) is 51.4 Å². The van der Waals surface area contributed by atoms with Gasteiger partial charge in [-0.15, -0.1) is 5.10 Å². The average molecular weight is 347 g/mol. The number of likely N-dealkylation sites (tertiary alicyclic amines) is 1. The van der Waals surface area contributed by atoms with Gasteiger partial charge in [-0.25, -0.2) is 9.50 Å². The second kappa shape index (κ2) is 6.70. The Morgan fingerprint density at radius 3 is 2.58 bits per heavy atom. The number of fused-ring (bicyclic) bond motifs is 1. The Morgan fingerprint density at radius 2 is 1.92 bits per heavy atom. The van der Waals surface area contributed by atoms with E-state index in [0.29, 0.717) is 23.0 Å². The first-order valence-electron chi connectivity index (χ1n) is 8.56. The summed E-state index contributed by atoms with van der Waals surface area (Å²) in [5.41, 5.74) is 1.91. The number of aryl methyl sites for hydroxylation is 2. The largest absolute Gasteiger partial charge is 0.336 e. The van der Waals surface area contributed by atoms with Gasteiger partial charge in [0.15, 0.2) is 0 Å². The molecular formula is C17H25N5OS. The molecule has 2 aromatic rings. The van der Waals surface area contributed by atoms with Crippen molar-refractivity contribution in [3.05, 3.63) is 17.5 Å². The first-order valence-corrected chi connectivity index (χ1v) is 9.44. The first kappa shape index (κ1) is 17.2. The summed E-state index contributed by atoms with van der Waals surface area (Å²) in [6, 6.07) is 2.59. The van der Waals surface area contributed by atoms with Crippen molar-refractivity contribution >= 4 is 23.4 Å². The number of aromatic nitrogens is 4. The number of carbonyl (C=O) groups excluding carboxylic acids is 1. The van der Waals surface area contributed by atoms with E-state index in [1.807, 2.05) is 31.7 Å². The van der Waals surface area contributed by atoms with Crippen LogP contribution in [-0.2, 0) is 4.79 Å². The fraction of sp³-hybridized carbons (Fsp3) is 0.647. The Labute approximate surface area is 147 Å². The molecule has 130 valence electrons. The molecule has 1 aliphatic heterocycles. The van der Waals surface area contributed by atoms with Crippen LogP contribution < -0.4 is 0 Å². The van der Waals surface area contributed by atoms with Crippen LogP contribution in [0.25, 0.3) is 5.78 Å². The fourth-order valence-corrected chi connectivity index (χ4v) is 4.27. The number of nitrogens with zero attached hydrogens (tertiary/aromatic N) is 5. The molecule has 0 N–H and O–H groups in total. The lowest BCUT2D eigenvalue weighted by Crippen LogP contribution is -2.50. The first-order chi connectivity index (χ1) is 11.4. The lowest BCUT2D eigenvalue weighted by Gasteiger charge is -2.40. The third-order valence-electron chi connectivity index (χ3n) is 4.68. The maximum atomic E-state index is 12.9. The van der Waals surface area contributed by atoms with Crippen LogP contribution in [0.4, 0.5) is 0 Å². The van der Waals surface area contributed by atoms with Crippen molar-refractivity contribution in [3.8, 4) is 0 Å². The summed E-state index contributed by atoms with van der Waals surface area (Å²) in [5.74, 6) is 0.772. The summed E-state index contributed by atoms with van der Waals surface area (Å²) in [4.78, 5) is 23.8. The minimum absolute atomic E-state index is 0.180. The van der Waals surface area contributed by atoms with Crippen molar-refractivity contribution in [3.63, 3.8) is 0 Å². The smallest absolute Gasteiger partial charge is 0.253 e. The van der Waals surface area contributed by atoms with E-state index in [9.17, 15) is 4.79 Å². The highest BCUT2D eigenvalue weighted by Gasteiger charge is 2.32. The molecule has 0 aliphatic carbocycles. The predicted molar refractivity (Wildman–Crippen MR) is 95.2 cm³/mol. The van der Waals surface area contributed by atoms with E-state index >= 15 is 0 Å². The summed E-state index contributed by atoms with van der Waals surface area (Å²) in [6.45, 7) is 10.2. The highest BCUT2D eigenvalue weighted by molar-refractivity contribution is 8.00. The third-order valence-corrected chi connectivity index (χ3v) is 5.62. The number of piperidine rings is 1. The lowest BCUT2D eigenvalue weighted by atomic mass is 9.97. The van der Waals surface area contributed by atoms with E-state index in [4.69, 9.17) is 0 Å². The van der Waals surface area contributed by atoms with E-state index in [2.05, 4.69) is 28.9 Å². The Bertz CT molecular complexity index is 749. The molecule has 0 spiro atoms. The SMILES string of the molecule is Cc1cc(C)n2nc(S[C@@H](C)C(=O)N3[C@@H](C)CCC[C@@H]3C)nc2n1. The zero-order valence-corrected chi connectivity index (χ0v) is 15.8.